The van der Waals surface area contributed by atoms with Crippen molar-refractivity contribution in [1.82, 2.24) is 0 Å². The molecule has 0 aliphatic rings. The van der Waals surface area contributed by atoms with E-state index in [1.807, 2.05) is 42.5 Å². The Bertz CT molecular complexity index is 1090. The van der Waals surface area contributed by atoms with E-state index in [0.29, 0.717) is 24.9 Å². The minimum absolute atomic E-state index is 0.0889. The van der Waals surface area contributed by atoms with Crippen LogP contribution in [-0.2, 0) is 9.53 Å². The maximum atomic E-state index is 11.5. The first kappa shape index (κ1) is 25.9. The van der Waals surface area contributed by atoms with Crippen LogP contribution in [0.1, 0.15) is 61.5 Å². The lowest BCUT2D eigenvalue weighted by molar-refractivity contribution is -0.145. The Morgan fingerprint density at radius 1 is 1.00 bits per heavy atom. The zero-order valence-corrected chi connectivity index (χ0v) is 21.8. The molecule has 34 heavy (non-hydrogen) atoms. The molecule has 1 atom stereocenters. The van der Waals surface area contributed by atoms with Gasteiger partial charge in [0.2, 0.25) is 0 Å². The zero-order chi connectivity index (χ0) is 24.5. The predicted molar refractivity (Wildman–Crippen MR) is 139 cm³/mol. The Hall–Kier alpha value is -2.73. The van der Waals surface area contributed by atoms with Crippen LogP contribution in [0.5, 0.6) is 17.2 Å². The van der Waals surface area contributed by atoms with E-state index in [4.69, 9.17) is 18.9 Å². The van der Waals surface area contributed by atoms with Crippen molar-refractivity contribution in [3.63, 3.8) is 0 Å². The molecule has 0 spiro atoms. The van der Waals surface area contributed by atoms with Gasteiger partial charge in [0.15, 0.2) is 6.61 Å². The van der Waals surface area contributed by atoms with Gasteiger partial charge < -0.3 is 18.9 Å². The maximum absolute atomic E-state index is 11.5. The number of methoxy groups -OCH3 is 1. The van der Waals surface area contributed by atoms with Gasteiger partial charge in [0.1, 0.15) is 17.2 Å². The Kier molecular flexibility index (Phi) is 9.63. The number of hydrogen-bond acceptors (Lipinski definition) is 6. The molecule has 3 rings (SSSR count). The molecule has 184 valence electrons. The molecule has 0 N–H and O–H groups in total. The van der Waals surface area contributed by atoms with E-state index in [2.05, 4.69) is 26.0 Å². The van der Waals surface area contributed by atoms with Gasteiger partial charge in [-0.1, -0.05) is 19.8 Å². The highest BCUT2D eigenvalue weighted by atomic mass is 32.1. The van der Waals surface area contributed by atoms with Gasteiger partial charge in [0, 0.05) is 9.58 Å². The normalized spacial score (nSPS) is 11.9. The summed E-state index contributed by atoms with van der Waals surface area (Å²) < 4.78 is 23.3. The Balaban J connectivity index is 1.65. The van der Waals surface area contributed by atoms with Crippen molar-refractivity contribution in [2.75, 3.05) is 26.9 Å². The first-order valence-electron chi connectivity index (χ1n) is 12.1. The number of hydrogen-bond donors (Lipinski definition) is 0. The summed E-state index contributed by atoms with van der Waals surface area (Å²) in [5.74, 6) is 2.48. The molecular formula is C28H36O5S. The molecule has 0 amide bonds. The highest BCUT2D eigenvalue weighted by Crippen LogP contribution is 2.40. The van der Waals surface area contributed by atoms with Gasteiger partial charge in [-0.3, -0.25) is 0 Å². The Morgan fingerprint density at radius 3 is 2.50 bits per heavy atom. The summed E-state index contributed by atoms with van der Waals surface area (Å²) in [5, 5.41) is 1.32. The first-order chi connectivity index (χ1) is 16.5. The van der Waals surface area contributed by atoms with Crippen molar-refractivity contribution in [2.45, 2.75) is 59.3 Å². The SMILES string of the molecule is CCCCC(CCOc1ccc(OCC(=O)OCC)c(C)c1)c1sc2cc(OC)ccc2c1C. The van der Waals surface area contributed by atoms with E-state index < -0.39 is 0 Å². The number of aryl methyl sites for hydroxylation is 2. The summed E-state index contributed by atoms with van der Waals surface area (Å²) >= 11 is 1.88. The second kappa shape index (κ2) is 12.7. The predicted octanol–water partition coefficient (Wildman–Crippen LogP) is 7.21. The van der Waals surface area contributed by atoms with Crippen LogP contribution in [-0.4, -0.2) is 32.9 Å². The molecule has 1 unspecified atom stereocenters. The summed E-state index contributed by atoms with van der Waals surface area (Å²) in [6.45, 7) is 9.11. The number of ether oxygens (including phenoxy) is 4. The largest absolute Gasteiger partial charge is 0.497 e. The van der Waals surface area contributed by atoms with E-state index in [0.717, 1.165) is 29.9 Å². The maximum Gasteiger partial charge on any atom is 0.344 e. The average Bonchev–Trinajstić information content (AvgIpc) is 3.16. The smallest absolute Gasteiger partial charge is 0.344 e. The standard InChI is InChI=1S/C28H36O5S/c1-6-8-9-21(28-20(4)24-12-10-22(30-5)17-26(24)34-28)14-15-32-23-11-13-25(19(3)16-23)33-18-27(29)31-7-2/h10-13,16-17,21H,6-9,14-15,18H2,1-5H3. The summed E-state index contributed by atoms with van der Waals surface area (Å²) in [4.78, 5) is 13.0. The van der Waals surface area contributed by atoms with Crippen LogP contribution in [0.3, 0.4) is 0 Å². The molecule has 6 heteroatoms. The van der Waals surface area contributed by atoms with Crippen LogP contribution in [0.2, 0.25) is 0 Å². The molecular weight excluding hydrogens is 448 g/mol. The Labute approximate surface area is 207 Å². The Morgan fingerprint density at radius 2 is 1.79 bits per heavy atom. The topological polar surface area (TPSA) is 54.0 Å². The van der Waals surface area contributed by atoms with Crippen LogP contribution in [0.25, 0.3) is 10.1 Å². The lowest BCUT2D eigenvalue weighted by atomic mass is 9.94. The monoisotopic (exact) mass is 484 g/mol. The van der Waals surface area contributed by atoms with Crippen LogP contribution < -0.4 is 14.2 Å². The van der Waals surface area contributed by atoms with E-state index >= 15 is 0 Å². The van der Waals surface area contributed by atoms with E-state index in [9.17, 15) is 4.79 Å². The molecule has 0 aliphatic carbocycles. The third kappa shape index (κ3) is 6.66. The highest BCUT2D eigenvalue weighted by molar-refractivity contribution is 7.19. The van der Waals surface area contributed by atoms with Gasteiger partial charge in [0.25, 0.3) is 0 Å². The molecule has 2 aromatic carbocycles. The van der Waals surface area contributed by atoms with E-state index in [1.54, 1.807) is 14.0 Å². The number of carbonyl (C=O) groups is 1. The van der Waals surface area contributed by atoms with Crippen LogP contribution >= 0.6 is 11.3 Å². The molecule has 3 aromatic rings. The molecule has 1 aromatic heterocycles. The molecule has 5 nitrogen and oxygen atoms in total. The summed E-state index contributed by atoms with van der Waals surface area (Å²) in [6.07, 6.45) is 4.50. The summed E-state index contributed by atoms with van der Waals surface area (Å²) in [7, 11) is 1.71. The van der Waals surface area contributed by atoms with Crippen molar-refractivity contribution in [3.8, 4) is 17.2 Å². The van der Waals surface area contributed by atoms with Gasteiger partial charge in [-0.2, -0.15) is 0 Å². The molecule has 0 bridgehead atoms. The number of esters is 1. The second-order valence-electron chi connectivity index (χ2n) is 8.45. The minimum atomic E-state index is -0.365. The number of benzene rings is 2. The molecule has 0 aliphatic heterocycles. The van der Waals surface area contributed by atoms with Gasteiger partial charge in [-0.05, 0) is 92.4 Å². The third-order valence-corrected chi connectivity index (χ3v) is 7.41. The summed E-state index contributed by atoms with van der Waals surface area (Å²) in [5.41, 5.74) is 2.31. The van der Waals surface area contributed by atoms with Crippen molar-refractivity contribution < 1.29 is 23.7 Å². The minimum Gasteiger partial charge on any atom is -0.497 e. The third-order valence-electron chi connectivity index (χ3n) is 5.99. The molecule has 0 fully saturated rings. The average molecular weight is 485 g/mol. The second-order valence-corrected chi connectivity index (χ2v) is 9.53. The van der Waals surface area contributed by atoms with E-state index in [1.165, 1.54) is 33.4 Å². The number of unbranched alkanes of at least 4 members (excludes halogenated alkanes) is 1. The lowest BCUT2D eigenvalue weighted by Gasteiger charge is -2.17. The van der Waals surface area contributed by atoms with Crippen LogP contribution in [0.4, 0.5) is 0 Å². The highest BCUT2D eigenvalue weighted by Gasteiger charge is 2.19. The number of fused-ring (bicyclic) bond motifs is 1. The van der Waals surface area contributed by atoms with Gasteiger partial charge in [0.05, 0.1) is 20.3 Å². The lowest BCUT2D eigenvalue weighted by Crippen LogP contribution is -2.15. The van der Waals surface area contributed by atoms with Crippen molar-refractivity contribution in [1.29, 1.82) is 0 Å². The molecule has 0 saturated heterocycles. The molecule has 1 heterocycles. The van der Waals surface area contributed by atoms with Crippen LogP contribution in [0.15, 0.2) is 36.4 Å². The number of thiophene rings is 1. The molecule has 0 radical (unpaired) electrons. The number of rotatable bonds is 13. The summed E-state index contributed by atoms with van der Waals surface area (Å²) in [6, 6.07) is 12.0. The van der Waals surface area contributed by atoms with Gasteiger partial charge in [-0.15, -0.1) is 11.3 Å². The van der Waals surface area contributed by atoms with Crippen molar-refractivity contribution in [2.24, 2.45) is 0 Å². The molecule has 0 saturated carbocycles. The van der Waals surface area contributed by atoms with Crippen LogP contribution in [0, 0.1) is 13.8 Å². The number of carbonyl (C=O) groups excluding carboxylic acids is 1. The first-order valence-corrected chi connectivity index (χ1v) is 12.9. The fraction of sp³-hybridized carbons (Fsp3) is 0.464. The van der Waals surface area contributed by atoms with E-state index in [-0.39, 0.29) is 12.6 Å². The van der Waals surface area contributed by atoms with Crippen molar-refractivity contribution >= 4 is 27.4 Å². The van der Waals surface area contributed by atoms with Crippen molar-refractivity contribution in [3.05, 3.63) is 52.4 Å². The fourth-order valence-electron chi connectivity index (χ4n) is 4.13. The van der Waals surface area contributed by atoms with Gasteiger partial charge in [-0.25, -0.2) is 4.79 Å². The quantitative estimate of drug-likeness (QED) is 0.240. The zero-order valence-electron chi connectivity index (χ0n) is 20.9. The fourth-order valence-corrected chi connectivity index (χ4v) is 5.54. The van der Waals surface area contributed by atoms with Gasteiger partial charge >= 0.3 is 5.97 Å².